The zero-order valence-corrected chi connectivity index (χ0v) is 19.0. The van der Waals surface area contributed by atoms with Gasteiger partial charge < -0.3 is 21.0 Å². The van der Waals surface area contributed by atoms with Crippen LogP contribution in [0.1, 0.15) is 12.7 Å². The molecule has 2 aliphatic heterocycles. The van der Waals surface area contributed by atoms with E-state index in [1.807, 2.05) is 35.2 Å². The molecule has 14 heteroatoms. The number of rotatable bonds is 8. The van der Waals surface area contributed by atoms with Crippen LogP contribution < -0.4 is 15.6 Å². The Kier molecular flexibility index (Phi) is 6.55. The Morgan fingerprint density at radius 2 is 2.15 bits per heavy atom. The highest BCUT2D eigenvalue weighted by Gasteiger charge is 2.54. The molecule has 2 aliphatic rings. The first-order chi connectivity index (χ1) is 15.9. The fourth-order valence-electron chi connectivity index (χ4n) is 3.42. The number of β-lactam (4-membered cyclic amide) rings is 1. The summed E-state index contributed by atoms with van der Waals surface area (Å²) in [5, 5.41) is 15.8. The zero-order chi connectivity index (χ0) is 23.5. The van der Waals surface area contributed by atoms with Crippen LogP contribution in [-0.2, 0) is 25.8 Å². The van der Waals surface area contributed by atoms with Crippen LogP contribution in [0.4, 0.5) is 5.13 Å². The molecule has 1 fully saturated rings. The molecule has 0 bridgehead atoms. The van der Waals surface area contributed by atoms with Crippen molar-refractivity contribution in [3.63, 3.8) is 0 Å². The van der Waals surface area contributed by atoms with Gasteiger partial charge in [0.1, 0.15) is 23.7 Å². The number of pyridine rings is 1. The van der Waals surface area contributed by atoms with Crippen molar-refractivity contribution in [2.75, 3.05) is 18.1 Å². The van der Waals surface area contributed by atoms with Gasteiger partial charge in [0.25, 0.3) is 11.8 Å². The summed E-state index contributed by atoms with van der Waals surface area (Å²) in [6, 6.07) is 4.61. The summed E-state index contributed by atoms with van der Waals surface area (Å²) in [5.41, 5.74) is 5.94. The minimum atomic E-state index is -1.19. The molecule has 4 rings (SSSR count). The van der Waals surface area contributed by atoms with E-state index in [-0.39, 0.29) is 29.0 Å². The monoisotopic (exact) mass is 490 g/mol. The molecular formula is C19H20N7O5S2+. The topological polar surface area (TPSA) is 164 Å². The lowest BCUT2D eigenvalue weighted by Gasteiger charge is -2.49. The number of nitrogen functional groups attached to an aromatic ring is 1. The predicted octanol–water partition coefficient (Wildman–Crippen LogP) is -0.413. The van der Waals surface area contributed by atoms with Crippen LogP contribution in [0.25, 0.3) is 0 Å². The minimum absolute atomic E-state index is 0.0170. The Bertz CT molecular complexity index is 1150. The number of nitrogens with zero attached hydrogens (tertiary/aromatic N) is 5. The number of carbonyl (C=O) groups excluding carboxylic acids is 2. The second-order valence-corrected chi connectivity index (χ2v) is 8.87. The number of thioether (sulfide) groups is 1. The van der Waals surface area contributed by atoms with Gasteiger partial charge in [-0.3, -0.25) is 14.5 Å². The van der Waals surface area contributed by atoms with Gasteiger partial charge in [-0.25, -0.2) is 9.36 Å². The van der Waals surface area contributed by atoms with Gasteiger partial charge in [0.15, 0.2) is 24.1 Å². The SMILES string of the molecule is CCO/N=C(\C(=O)NC1C(=O)N2C(C(=O)O)=C(C[n+]3ccccc3)CS[C@H]12)c1nsc(N)n1. The third-order valence-electron chi connectivity index (χ3n) is 4.84. The maximum absolute atomic E-state index is 12.9. The first-order valence-electron chi connectivity index (χ1n) is 9.85. The van der Waals surface area contributed by atoms with Gasteiger partial charge >= 0.3 is 5.97 Å². The van der Waals surface area contributed by atoms with Crippen molar-refractivity contribution in [1.82, 2.24) is 19.6 Å². The molecule has 1 saturated heterocycles. The average molecular weight is 491 g/mol. The first-order valence-corrected chi connectivity index (χ1v) is 11.7. The number of oxime groups is 1. The van der Waals surface area contributed by atoms with Crippen LogP contribution in [0.3, 0.4) is 0 Å². The highest BCUT2D eigenvalue weighted by molar-refractivity contribution is 8.00. The number of aliphatic carboxylic acids is 1. The predicted molar refractivity (Wildman–Crippen MR) is 119 cm³/mol. The molecule has 33 heavy (non-hydrogen) atoms. The van der Waals surface area contributed by atoms with Gasteiger partial charge in [-0.05, 0) is 6.92 Å². The molecule has 0 saturated carbocycles. The van der Waals surface area contributed by atoms with Crippen molar-refractivity contribution < 1.29 is 28.9 Å². The number of hydrogen-bond donors (Lipinski definition) is 3. The lowest BCUT2D eigenvalue weighted by Crippen LogP contribution is -2.71. The standard InChI is InChI=1S/C19H19N7O5S2/c1-2-31-23-11(14-22-19(20)33-24-14)15(27)21-12-16(28)26-13(18(29)30)10(9-32-17(12)26)8-25-6-4-3-5-7-25/h3-7,12,17H,2,8-9H2,1H3,(H3-,20,21,22,24,27,29,30)/p+1/b23-11-/t12?,17-/m1/s1. The molecule has 172 valence electrons. The van der Waals surface area contributed by atoms with E-state index in [0.29, 0.717) is 17.9 Å². The summed E-state index contributed by atoms with van der Waals surface area (Å²) in [4.78, 5) is 47.9. The molecule has 0 radical (unpaired) electrons. The Labute approximate surface area is 196 Å². The molecule has 2 aromatic heterocycles. The Morgan fingerprint density at radius 3 is 2.79 bits per heavy atom. The Balaban J connectivity index is 1.53. The maximum atomic E-state index is 12.9. The number of carboxylic acid groups (broad SMARTS) is 1. The number of carbonyl (C=O) groups is 3. The maximum Gasteiger partial charge on any atom is 0.352 e. The number of anilines is 1. The summed E-state index contributed by atoms with van der Waals surface area (Å²) < 4.78 is 5.81. The van der Waals surface area contributed by atoms with Gasteiger partial charge in [-0.15, -0.1) is 11.8 Å². The van der Waals surface area contributed by atoms with Gasteiger partial charge in [0, 0.05) is 35.0 Å². The molecular weight excluding hydrogens is 470 g/mol. The largest absolute Gasteiger partial charge is 0.477 e. The number of nitrogens with two attached hydrogens (primary N) is 1. The molecule has 4 heterocycles. The average Bonchev–Trinajstić information content (AvgIpc) is 3.23. The quantitative estimate of drug-likeness (QED) is 0.193. The van der Waals surface area contributed by atoms with E-state index in [1.54, 1.807) is 6.92 Å². The second-order valence-electron chi connectivity index (χ2n) is 6.98. The number of amides is 2. The molecule has 4 N–H and O–H groups in total. The van der Waals surface area contributed by atoms with E-state index in [1.165, 1.54) is 16.7 Å². The fraction of sp³-hybridized carbons (Fsp3) is 0.316. The van der Waals surface area contributed by atoms with Crippen LogP contribution in [0.5, 0.6) is 0 Å². The minimum Gasteiger partial charge on any atom is -0.477 e. The Morgan fingerprint density at radius 1 is 1.39 bits per heavy atom. The van der Waals surface area contributed by atoms with Crippen LogP contribution >= 0.6 is 23.3 Å². The van der Waals surface area contributed by atoms with E-state index in [4.69, 9.17) is 10.6 Å². The summed E-state index contributed by atoms with van der Waals surface area (Å²) in [6.45, 7) is 2.24. The van der Waals surface area contributed by atoms with Crippen LogP contribution in [0.15, 0.2) is 47.0 Å². The lowest BCUT2D eigenvalue weighted by atomic mass is 10.0. The molecule has 2 amide bonds. The van der Waals surface area contributed by atoms with Crippen molar-refractivity contribution in [3.8, 4) is 0 Å². The second kappa shape index (κ2) is 9.54. The van der Waals surface area contributed by atoms with Crippen molar-refractivity contribution in [1.29, 1.82) is 0 Å². The molecule has 12 nitrogen and oxygen atoms in total. The first kappa shape index (κ1) is 22.7. The number of fused-ring (bicyclic) bond motifs is 1. The van der Waals surface area contributed by atoms with Crippen molar-refractivity contribution >= 4 is 51.9 Å². The van der Waals surface area contributed by atoms with E-state index in [9.17, 15) is 19.5 Å². The summed E-state index contributed by atoms with van der Waals surface area (Å²) in [7, 11) is 0. The highest BCUT2D eigenvalue weighted by atomic mass is 32.2. The van der Waals surface area contributed by atoms with Gasteiger partial charge in [-0.2, -0.15) is 9.36 Å². The Hall–Kier alpha value is -3.52. The van der Waals surface area contributed by atoms with Gasteiger partial charge in [-0.1, -0.05) is 11.2 Å². The molecule has 0 spiro atoms. The van der Waals surface area contributed by atoms with E-state index >= 15 is 0 Å². The normalized spacial score (nSPS) is 20.2. The highest BCUT2D eigenvalue weighted by Crippen LogP contribution is 2.40. The number of carboxylic acids is 1. The number of hydrogen-bond acceptors (Lipinski definition) is 10. The molecule has 1 unspecified atom stereocenters. The van der Waals surface area contributed by atoms with Gasteiger partial charge in [0.2, 0.25) is 11.5 Å². The third kappa shape index (κ3) is 4.52. The van der Waals surface area contributed by atoms with E-state index in [0.717, 1.165) is 11.5 Å². The summed E-state index contributed by atoms with van der Waals surface area (Å²) in [6.07, 6.45) is 3.64. The summed E-state index contributed by atoms with van der Waals surface area (Å²) >= 11 is 2.27. The van der Waals surface area contributed by atoms with Crippen molar-refractivity contribution in [2.45, 2.75) is 24.9 Å². The van der Waals surface area contributed by atoms with Crippen molar-refractivity contribution in [3.05, 3.63) is 47.7 Å². The molecule has 0 aliphatic carbocycles. The van der Waals surface area contributed by atoms with Crippen molar-refractivity contribution in [2.24, 2.45) is 5.16 Å². The van der Waals surface area contributed by atoms with E-state index in [2.05, 4.69) is 19.8 Å². The molecule has 2 aromatic rings. The molecule has 2 atom stereocenters. The third-order valence-corrected chi connectivity index (χ3v) is 6.72. The number of aromatic nitrogens is 3. The van der Waals surface area contributed by atoms with Crippen LogP contribution in [0, 0.1) is 0 Å². The zero-order valence-electron chi connectivity index (χ0n) is 17.4. The summed E-state index contributed by atoms with van der Waals surface area (Å²) in [5.74, 6) is -2.04. The smallest absolute Gasteiger partial charge is 0.352 e. The van der Waals surface area contributed by atoms with Crippen LogP contribution in [0.2, 0.25) is 0 Å². The van der Waals surface area contributed by atoms with Crippen LogP contribution in [-0.4, -0.2) is 66.6 Å². The fourth-order valence-corrected chi connectivity index (χ4v) is 5.19. The lowest BCUT2D eigenvalue weighted by molar-refractivity contribution is -0.689. The van der Waals surface area contributed by atoms with Gasteiger partial charge in [0.05, 0.1) is 0 Å². The molecule has 0 aromatic carbocycles. The van der Waals surface area contributed by atoms with E-state index < -0.39 is 29.2 Å². The number of nitrogens with one attached hydrogen (secondary N) is 1.